The molecule has 0 N–H and O–H groups in total. The Labute approximate surface area is 434 Å². The maximum atomic E-state index is 2.51. The quantitative estimate of drug-likeness (QED) is 0.153. The van der Waals surface area contributed by atoms with Gasteiger partial charge in [0.05, 0.1) is 22.7 Å². The van der Waals surface area contributed by atoms with Gasteiger partial charge >= 0.3 is 0 Å². The van der Waals surface area contributed by atoms with E-state index in [9.17, 15) is 0 Å². The van der Waals surface area contributed by atoms with Gasteiger partial charge in [-0.05, 0) is 137 Å². The summed E-state index contributed by atoms with van der Waals surface area (Å²) in [7, 11) is 0. The predicted octanol–water partition coefficient (Wildman–Crippen LogP) is 17.0. The third-order valence-electron chi connectivity index (χ3n) is 14.8. The van der Waals surface area contributed by atoms with Crippen molar-refractivity contribution in [3.05, 3.63) is 261 Å². The molecule has 0 unspecified atom stereocenters. The lowest BCUT2D eigenvalue weighted by Gasteiger charge is -2.44. The van der Waals surface area contributed by atoms with Gasteiger partial charge in [-0.15, -0.1) is 0 Å². The third kappa shape index (κ3) is 6.66. The average molecular weight is 967 g/mol. The summed E-state index contributed by atoms with van der Waals surface area (Å²) in [5.41, 5.74) is 22.6. The molecular weight excluding hydrogens is 924 g/mol. The molecule has 11 aromatic carbocycles. The number of nitrogens with zero attached hydrogens (tertiary/aromatic N) is 4. The average Bonchev–Trinajstić information content (AvgIpc) is 3.46. The molecule has 73 heavy (non-hydrogen) atoms. The molecule has 0 fully saturated rings. The molecular formula is C66H43BN4S2. The van der Waals surface area contributed by atoms with E-state index < -0.39 is 0 Å². The summed E-state index contributed by atoms with van der Waals surface area (Å²) in [6, 6.07) is 96.1. The van der Waals surface area contributed by atoms with E-state index >= 15 is 0 Å². The van der Waals surface area contributed by atoms with E-state index in [1.807, 2.05) is 23.5 Å². The lowest BCUT2D eigenvalue weighted by Crippen LogP contribution is -2.61. The molecule has 0 saturated heterocycles. The summed E-state index contributed by atoms with van der Waals surface area (Å²) >= 11 is 3.71. The van der Waals surface area contributed by atoms with Crippen molar-refractivity contribution in [3.8, 4) is 22.3 Å². The Hall–Kier alpha value is -8.62. The first kappa shape index (κ1) is 42.1. The third-order valence-corrected chi connectivity index (χ3v) is 17.0. The second-order valence-corrected chi connectivity index (χ2v) is 21.0. The zero-order chi connectivity index (χ0) is 48.0. The van der Waals surface area contributed by atoms with Crippen LogP contribution in [0, 0.1) is 0 Å². The largest absolute Gasteiger partial charge is 0.311 e. The number of fused-ring (bicyclic) bond motifs is 8. The van der Waals surface area contributed by atoms with Crippen LogP contribution in [0.4, 0.5) is 68.2 Å². The van der Waals surface area contributed by atoms with E-state index in [2.05, 4.69) is 280 Å². The van der Waals surface area contributed by atoms with E-state index in [0.717, 1.165) is 22.7 Å². The van der Waals surface area contributed by atoms with E-state index in [1.54, 1.807) is 0 Å². The predicted molar refractivity (Wildman–Crippen MR) is 309 cm³/mol. The molecule has 11 aromatic rings. The molecule has 0 aliphatic carbocycles. The van der Waals surface area contributed by atoms with E-state index in [-0.39, 0.29) is 6.71 Å². The number of hydrogen-bond acceptors (Lipinski definition) is 6. The zero-order valence-corrected chi connectivity index (χ0v) is 41.1. The Morgan fingerprint density at radius 2 is 0.603 bits per heavy atom. The Morgan fingerprint density at radius 1 is 0.260 bits per heavy atom. The van der Waals surface area contributed by atoms with Crippen molar-refractivity contribution in [3.63, 3.8) is 0 Å². The van der Waals surface area contributed by atoms with Crippen LogP contribution < -0.4 is 36.0 Å². The first-order valence-electron chi connectivity index (χ1n) is 24.9. The monoisotopic (exact) mass is 966 g/mol. The molecule has 0 bridgehead atoms. The SMILES string of the molecule is c1ccc(N2c3cc(-c4cccc5c4N(c4ccccc4)c4ccccc4S5)ccc3B3c4ccc(-c5cccc6c5N(c5ccccc5)c5ccccc5S6)cc4N(c4ccccc4)c4cccc2c43)cc1. The van der Waals surface area contributed by atoms with Crippen molar-refractivity contribution in [2.24, 2.45) is 0 Å². The minimum absolute atomic E-state index is 0.0416. The number of para-hydroxylation sites is 8. The van der Waals surface area contributed by atoms with Gasteiger partial charge in [-0.2, -0.15) is 0 Å². The van der Waals surface area contributed by atoms with Gasteiger partial charge in [0.1, 0.15) is 0 Å². The highest BCUT2D eigenvalue weighted by Crippen LogP contribution is 2.57. The number of benzene rings is 11. The van der Waals surface area contributed by atoms with Gasteiger partial charge in [0, 0.05) is 76.2 Å². The summed E-state index contributed by atoms with van der Waals surface area (Å²) in [4.78, 5) is 14.9. The van der Waals surface area contributed by atoms with Crippen LogP contribution in [0.1, 0.15) is 0 Å². The van der Waals surface area contributed by atoms with Gasteiger partial charge in [0.25, 0.3) is 6.71 Å². The van der Waals surface area contributed by atoms with Gasteiger partial charge in [0.15, 0.2) is 0 Å². The molecule has 15 rings (SSSR count). The molecule has 0 aromatic heterocycles. The minimum Gasteiger partial charge on any atom is -0.311 e. The second-order valence-electron chi connectivity index (χ2n) is 18.8. The first-order chi connectivity index (χ1) is 36.2. The minimum atomic E-state index is -0.0416. The van der Waals surface area contributed by atoms with Crippen molar-refractivity contribution in [1.29, 1.82) is 0 Å². The van der Waals surface area contributed by atoms with Crippen LogP contribution >= 0.6 is 23.5 Å². The van der Waals surface area contributed by atoms with E-state index in [1.165, 1.54) is 104 Å². The fourth-order valence-corrected chi connectivity index (χ4v) is 13.9. The van der Waals surface area contributed by atoms with Crippen molar-refractivity contribution < 1.29 is 0 Å². The van der Waals surface area contributed by atoms with Crippen LogP contribution in [-0.2, 0) is 0 Å². The highest BCUT2D eigenvalue weighted by atomic mass is 32.2. The molecule has 0 atom stereocenters. The number of hydrogen-bond donors (Lipinski definition) is 0. The van der Waals surface area contributed by atoms with Crippen LogP contribution in [-0.4, -0.2) is 6.71 Å². The molecule has 4 heterocycles. The van der Waals surface area contributed by atoms with Gasteiger partial charge in [0.2, 0.25) is 0 Å². The summed E-state index contributed by atoms with van der Waals surface area (Å²) in [6.07, 6.45) is 0. The fraction of sp³-hybridized carbons (Fsp3) is 0. The Morgan fingerprint density at radius 3 is 1.03 bits per heavy atom. The van der Waals surface area contributed by atoms with E-state index in [0.29, 0.717) is 0 Å². The highest BCUT2D eigenvalue weighted by molar-refractivity contribution is 8.00. The molecule has 342 valence electrons. The summed E-state index contributed by atoms with van der Waals surface area (Å²) < 4.78 is 0. The van der Waals surface area contributed by atoms with Crippen LogP contribution in [0.15, 0.2) is 280 Å². The van der Waals surface area contributed by atoms with Crippen molar-refractivity contribution >= 4 is 115 Å². The fourth-order valence-electron chi connectivity index (χ4n) is 11.7. The van der Waals surface area contributed by atoms with Gasteiger partial charge in [-0.1, -0.05) is 175 Å². The van der Waals surface area contributed by atoms with Crippen molar-refractivity contribution in [1.82, 2.24) is 0 Å². The van der Waals surface area contributed by atoms with Gasteiger partial charge in [-0.3, -0.25) is 0 Å². The second kappa shape index (κ2) is 17.0. The Bertz CT molecular complexity index is 3710. The van der Waals surface area contributed by atoms with Crippen LogP contribution in [0.3, 0.4) is 0 Å². The molecule has 4 aliphatic rings. The van der Waals surface area contributed by atoms with Crippen LogP contribution in [0.25, 0.3) is 22.3 Å². The highest BCUT2D eigenvalue weighted by Gasteiger charge is 2.44. The molecule has 0 spiro atoms. The first-order valence-corrected chi connectivity index (χ1v) is 26.5. The maximum absolute atomic E-state index is 2.51. The normalized spacial score (nSPS) is 13.5. The Balaban J connectivity index is 0.948. The smallest absolute Gasteiger partial charge is 0.252 e. The molecule has 4 nitrogen and oxygen atoms in total. The maximum Gasteiger partial charge on any atom is 0.252 e. The molecule has 0 saturated carbocycles. The van der Waals surface area contributed by atoms with Crippen molar-refractivity contribution in [2.75, 3.05) is 19.6 Å². The van der Waals surface area contributed by atoms with Crippen LogP contribution in [0.2, 0.25) is 0 Å². The lowest BCUT2D eigenvalue weighted by atomic mass is 9.33. The number of rotatable bonds is 6. The molecule has 4 aliphatic heterocycles. The number of anilines is 12. The van der Waals surface area contributed by atoms with Crippen molar-refractivity contribution in [2.45, 2.75) is 19.6 Å². The Kier molecular flexibility index (Phi) is 9.82. The lowest BCUT2D eigenvalue weighted by molar-refractivity contribution is 1.17. The van der Waals surface area contributed by atoms with Gasteiger partial charge < -0.3 is 19.6 Å². The molecule has 7 heteroatoms. The van der Waals surface area contributed by atoms with Gasteiger partial charge in [-0.25, -0.2) is 0 Å². The van der Waals surface area contributed by atoms with Crippen LogP contribution in [0.5, 0.6) is 0 Å². The standard InChI is InChI=1S/C66H43BN4S2/c1-5-20-46(21-6-1)68-56-32-19-33-57-64(56)67(52-40-38-44(42-58(52)68)50-28-17-36-62-65(50)70(48-24-9-3-10-25-48)54-30-13-15-34-60(54)72-62)53-41-39-45(43-59(53)69(57)47-22-7-2-8-23-47)51-29-18-37-63-66(51)71(49-26-11-4-12-27-49)55-31-14-16-35-61(55)73-63/h1-43H. The molecule has 0 amide bonds. The summed E-state index contributed by atoms with van der Waals surface area (Å²) in [5.74, 6) is 0. The summed E-state index contributed by atoms with van der Waals surface area (Å²) in [5, 5.41) is 0. The zero-order valence-electron chi connectivity index (χ0n) is 39.5. The topological polar surface area (TPSA) is 13.0 Å². The summed E-state index contributed by atoms with van der Waals surface area (Å²) in [6.45, 7) is -0.0416. The van der Waals surface area contributed by atoms with E-state index in [4.69, 9.17) is 0 Å². The molecule has 0 radical (unpaired) electrons.